The summed E-state index contributed by atoms with van der Waals surface area (Å²) in [6, 6.07) is 3.45. The van der Waals surface area contributed by atoms with Crippen LogP contribution in [-0.2, 0) is 4.79 Å². The number of carboxylic acid groups (broad SMARTS) is 2. The van der Waals surface area contributed by atoms with Crippen molar-refractivity contribution >= 4 is 17.7 Å². The summed E-state index contributed by atoms with van der Waals surface area (Å²) in [5.74, 6) is -2.99. The zero-order chi connectivity index (χ0) is 13.7. The molecule has 0 aliphatic carbocycles. The highest BCUT2D eigenvalue weighted by Gasteiger charge is 2.16. The standard InChI is InChI=1S/C12H10O6/c1-2-7(13)6-18-8-3-4-9(11(14)15)10(5-8)12(16)17/h2-5H,1,6H2,(H,14,15)(H,16,17). The minimum absolute atomic E-state index is 0.104. The molecule has 0 amide bonds. The van der Waals surface area contributed by atoms with E-state index < -0.39 is 17.5 Å². The van der Waals surface area contributed by atoms with Crippen molar-refractivity contribution in [1.29, 1.82) is 0 Å². The Morgan fingerprint density at radius 3 is 2.28 bits per heavy atom. The molecule has 94 valence electrons. The van der Waals surface area contributed by atoms with E-state index in [1.54, 1.807) is 0 Å². The second-order valence-corrected chi connectivity index (χ2v) is 3.28. The normalized spacial score (nSPS) is 9.56. The summed E-state index contributed by atoms with van der Waals surface area (Å²) in [6.45, 7) is 2.97. The highest BCUT2D eigenvalue weighted by molar-refractivity contribution is 6.02. The van der Waals surface area contributed by atoms with Crippen molar-refractivity contribution in [3.63, 3.8) is 0 Å². The number of ether oxygens (including phenoxy) is 1. The minimum atomic E-state index is -1.38. The molecule has 0 atom stereocenters. The van der Waals surface area contributed by atoms with E-state index in [-0.39, 0.29) is 23.7 Å². The summed E-state index contributed by atoms with van der Waals surface area (Å²) < 4.78 is 5.01. The molecule has 1 aromatic carbocycles. The SMILES string of the molecule is C=CC(=O)COc1ccc(C(=O)O)c(C(=O)O)c1. The van der Waals surface area contributed by atoms with E-state index in [1.165, 1.54) is 6.07 Å². The third kappa shape index (κ3) is 3.18. The van der Waals surface area contributed by atoms with Gasteiger partial charge < -0.3 is 14.9 Å². The van der Waals surface area contributed by atoms with Crippen molar-refractivity contribution in [2.45, 2.75) is 0 Å². The Morgan fingerprint density at radius 2 is 1.78 bits per heavy atom. The van der Waals surface area contributed by atoms with Crippen molar-refractivity contribution < 1.29 is 29.3 Å². The first-order chi connectivity index (χ1) is 8.45. The van der Waals surface area contributed by atoms with Crippen molar-refractivity contribution in [2.24, 2.45) is 0 Å². The topological polar surface area (TPSA) is 101 Å². The van der Waals surface area contributed by atoms with Crippen molar-refractivity contribution in [2.75, 3.05) is 6.61 Å². The Morgan fingerprint density at radius 1 is 1.17 bits per heavy atom. The maximum Gasteiger partial charge on any atom is 0.336 e. The number of hydrogen-bond donors (Lipinski definition) is 2. The molecule has 0 unspecified atom stereocenters. The van der Waals surface area contributed by atoms with Gasteiger partial charge >= 0.3 is 11.9 Å². The van der Waals surface area contributed by atoms with Crippen LogP contribution in [0.15, 0.2) is 30.9 Å². The first-order valence-corrected chi connectivity index (χ1v) is 4.84. The maximum absolute atomic E-state index is 10.9. The predicted molar refractivity (Wildman–Crippen MR) is 61.1 cm³/mol. The van der Waals surface area contributed by atoms with Crippen molar-refractivity contribution in [1.82, 2.24) is 0 Å². The number of carbonyl (C=O) groups excluding carboxylic acids is 1. The molecule has 0 saturated carbocycles. The molecule has 1 aromatic rings. The summed E-state index contributed by atoms with van der Waals surface area (Å²) in [4.78, 5) is 32.6. The molecule has 0 aliphatic rings. The van der Waals surface area contributed by atoms with Gasteiger partial charge in [0.2, 0.25) is 0 Å². The third-order valence-corrected chi connectivity index (χ3v) is 2.06. The lowest BCUT2D eigenvalue weighted by molar-refractivity contribution is -0.116. The van der Waals surface area contributed by atoms with Gasteiger partial charge in [-0.1, -0.05) is 6.58 Å². The molecule has 2 N–H and O–H groups in total. The Hall–Kier alpha value is -2.63. The van der Waals surface area contributed by atoms with Gasteiger partial charge in [-0.25, -0.2) is 9.59 Å². The van der Waals surface area contributed by atoms with Crippen LogP contribution in [0.2, 0.25) is 0 Å². The number of hydrogen-bond acceptors (Lipinski definition) is 4. The zero-order valence-corrected chi connectivity index (χ0v) is 9.25. The lowest BCUT2D eigenvalue weighted by atomic mass is 10.1. The molecular weight excluding hydrogens is 240 g/mol. The number of rotatable bonds is 6. The monoisotopic (exact) mass is 250 g/mol. The van der Waals surface area contributed by atoms with E-state index in [4.69, 9.17) is 14.9 Å². The van der Waals surface area contributed by atoms with E-state index in [9.17, 15) is 14.4 Å². The number of carboxylic acids is 2. The van der Waals surface area contributed by atoms with Crippen LogP contribution >= 0.6 is 0 Å². The van der Waals surface area contributed by atoms with E-state index in [0.29, 0.717) is 0 Å². The maximum atomic E-state index is 10.9. The fourth-order valence-corrected chi connectivity index (χ4v) is 1.19. The Balaban J connectivity index is 3.00. The molecule has 0 spiro atoms. The van der Waals surface area contributed by atoms with Gasteiger partial charge in [-0.05, 0) is 24.3 Å². The first kappa shape index (κ1) is 13.4. The molecule has 0 heterocycles. The van der Waals surface area contributed by atoms with Gasteiger partial charge in [0.05, 0.1) is 11.1 Å². The summed E-state index contributed by atoms with van der Waals surface area (Å²) >= 11 is 0. The third-order valence-electron chi connectivity index (χ3n) is 2.06. The minimum Gasteiger partial charge on any atom is -0.485 e. The second-order valence-electron chi connectivity index (χ2n) is 3.28. The second kappa shape index (κ2) is 5.62. The average molecular weight is 250 g/mol. The Labute approximate surface area is 102 Å². The molecule has 0 bridgehead atoms. The van der Waals surface area contributed by atoms with Crippen LogP contribution in [0.5, 0.6) is 5.75 Å². The van der Waals surface area contributed by atoms with E-state index in [0.717, 1.165) is 18.2 Å². The highest BCUT2D eigenvalue weighted by Crippen LogP contribution is 2.18. The summed E-state index contributed by atoms with van der Waals surface area (Å²) in [5.41, 5.74) is -0.740. The number of carbonyl (C=O) groups is 3. The van der Waals surface area contributed by atoms with E-state index in [1.807, 2.05) is 0 Å². The molecule has 6 nitrogen and oxygen atoms in total. The average Bonchev–Trinajstić information content (AvgIpc) is 2.35. The van der Waals surface area contributed by atoms with Gasteiger partial charge in [-0.2, -0.15) is 0 Å². The quantitative estimate of drug-likeness (QED) is 0.736. The Kier molecular flexibility index (Phi) is 4.20. The molecule has 0 saturated heterocycles. The van der Waals surface area contributed by atoms with Gasteiger partial charge in [0.25, 0.3) is 0 Å². The summed E-state index contributed by atoms with van der Waals surface area (Å²) in [6.07, 6.45) is 1.07. The summed E-state index contributed by atoms with van der Waals surface area (Å²) in [7, 11) is 0. The summed E-state index contributed by atoms with van der Waals surface area (Å²) in [5, 5.41) is 17.7. The lowest BCUT2D eigenvalue weighted by Crippen LogP contribution is -2.11. The van der Waals surface area contributed by atoms with Gasteiger partial charge in [0, 0.05) is 0 Å². The van der Waals surface area contributed by atoms with Gasteiger partial charge in [0.1, 0.15) is 5.75 Å². The van der Waals surface area contributed by atoms with Crippen molar-refractivity contribution in [3.05, 3.63) is 42.0 Å². The van der Waals surface area contributed by atoms with Crippen molar-refractivity contribution in [3.8, 4) is 5.75 Å². The molecule has 0 fully saturated rings. The number of benzene rings is 1. The van der Waals surface area contributed by atoms with Crippen LogP contribution in [-0.4, -0.2) is 34.5 Å². The number of aromatic carboxylic acids is 2. The van der Waals surface area contributed by atoms with Crippen LogP contribution in [0.25, 0.3) is 0 Å². The molecule has 18 heavy (non-hydrogen) atoms. The first-order valence-electron chi connectivity index (χ1n) is 4.84. The van der Waals surface area contributed by atoms with Crippen LogP contribution in [0.3, 0.4) is 0 Å². The molecule has 6 heteroatoms. The zero-order valence-electron chi connectivity index (χ0n) is 9.25. The predicted octanol–water partition coefficient (Wildman–Crippen LogP) is 1.22. The largest absolute Gasteiger partial charge is 0.485 e. The molecular formula is C12H10O6. The van der Waals surface area contributed by atoms with Gasteiger partial charge in [-0.15, -0.1) is 0 Å². The molecule has 0 aromatic heterocycles. The van der Waals surface area contributed by atoms with Gasteiger partial charge in [-0.3, -0.25) is 4.79 Å². The molecule has 0 radical (unpaired) electrons. The van der Waals surface area contributed by atoms with Gasteiger partial charge in [0.15, 0.2) is 12.4 Å². The van der Waals surface area contributed by atoms with Crippen LogP contribution in [0, 0.1) is 0 Å². The molecule has 0 aliphatic heterocycles. The van der Waals surface area contributed by atoms with Crippen LogP contribution < -0.4 is 4.74 Å². The highest BCUT2D eigenvalue weighted by atomic mass is 16.5. The molecule has 1 rings (SSSR count). The number of ketones is 1. The van der Waals surface area contributed by atoms with E-state index in [2.05, 4.69) is 6.58 Å². The van der Waals surface area contributed by atoms with Crippen LogP contribution in [0.1, 0.15) is 20.7 Å². The Bertz CT molecular complexity index is 517. The fourth-order valence-electron chi connectivity index (χ4n) is 1.19. The smallest absolute Gasteiger partial charge is 0.336 e. The van der Waals surface area contributed by atoms with Crippen LogP contribution in [0.4, 0.5) is 0 Å². The lowest BCUT2D eigenvalue weighted by Gasteiger charge is -2.06. The van der Waals surface area contributed by atoms with E-state index >= 15 is 0 Å². The fraction of sp³-hybridized carbons (Fsp3) is 0.0833.